The Morgan fingerprint density at radius 1 is 1.43 bits per heavy atom. The maximum absolute atomic E-state index is 12.2. The molecule has 110 valence electrons. The van der Waals surface area contributed by atoms with Gasteiger partial charge in [0.25, 0.3) is 5.69 Å². The SMILES string of the molecule is C=C1CCC2(CCN(c3ccc([N+](=O)[O-])cn3)C2)C(=O)N1. The molecule has 7 heteroatoms. The number of aromatic nitrogens is 1. The summed E-state index contributed by atoms with van der Waals surface area (Å²) < 4.78 is 0. The molecule has 1 aromatic rings. The van der Waals surface area contributed by atoms with Gasteiger partial charge in [0, 0.05) is 24.9 Å². The van der Waals surface area contributed by atoms with Gasteiger partial charge in [0.1, 0.15) is 12.0 Å². The lowest BCUT2D eigenvalue weighted by Crippen LogP contribution is -2.46. The number of carbonyl (C=O) groups excluding carboxylic acids is 1. The second-order valence-corrected chi connectivity index (χ2v) is 5.64. The van der Waals surface area contributed by atoms with Gasteiger partial charge in [-0.15, -0.1) is 0 Å². The molecule has 3 heterocycles. The molecule has 2 saturated heterocycles. The van der Waals surface area contributed by atoms with E-state index in [0.717, 1.165) is 31.5 Å². The molecule has 7 nitrogen and oxygen atoms in total. The standard InChI is InChI=1S/C14H16N4O3/c1-10-4-5-14(13(19)16-10)6-7-17(9-14)12-3-2-11(8-15-12)18(20)21/h2-3,8H,1,4-7,9H2,(H,16,19). The van der Waals surface area contributed by atoms with Crippen molar-refractivity contribution in [1.29, 1.82) is 0 Å². The first-order valence-corrected chi connectivity index (χ1v) is 6.85. The zero-order valence-electron chi connectivity index (χ0n) is 11.5. The van der Waals surface area contributed by atoms with Crippen molar-refractivity contribution in [2.24, 2.45) is 5.41 Å². The molecular formula is C14H16N4O3. The lowest BCUT2D eigenvalue weighted by Gasteiger charge is -2.33. The number of anilines is 1. The fourth-order valence-electron chi connectivity index (χ4n) is 2.99. The number of amides is 1. The van der Waals surface area contributed by atoms with E-state index in [1.54, 1.807) is 6.07 Å². The fraction of sp³-hybridized carbons (Fsp3) is 0.429. The monoisotopic (exact) mass is 288 g/mol. The Hall–Kier alpha value is -2.44. The Morgan fingerprint density at radius 3 is 2.86 bits per heavy atom. The van der Waals surface area contributed by atoms with Crippen LogP contribution in [0.4, 0.5) is 11.5 Å². The highest BCUT2D eigenvalue weighted by Gasteiger charge is 2.46. The van der Waals surface area contributed by atoms with Gasteiger partial charge in [-0.3, -0.25) is 14.9 Å². The third-order valence-electron chi connectivity index (χ3n) is 4.30. The van der Waals surface area contributed by atoms with E-state index in [1.165, 1.54) is 12.3 Å². The van der Waals surface area contributed by atoms with Crippen LogP contribution in [0.25, 0.3) is 0 Å². The van der Waals surface area contributed by atoms with E-state index in [-0.39, 0.29) is 17.0 Å². The van der Waals surface area contributed by atoms with E-state index in [2.05, 4.69) is 16.9 Å². The molecule has 1 aromatic heterocycles. The molecule has 1 unspecified atom stereocenters. The second kappa shape index (κ2) is 4.83. The van der Waals surface area contributed by atoms with Crippen LogP contribution in [0.2, 0.25) is 0 Å². The van der Waals surface area contributed by atoms with Gasteiger partial charge >= 0.3 is 0 Å². The van der Waals surface area contributed by atoms with Gasteiger partial charge in [-0.05, 0) is 25.3 Å². The number of hydrogen-bond donors (Lipinski definition) is 1. The van der Waals surface area contributed by atoms with Crippen LogP contribution in [0.3, 0.4) is 0 Å². The normalized spacial score (nSPS) is 25.2. The minimum Gasteiger partial charge on any atom is -0.355 e. The average molecular weight is 288 g/mol. The number of allylic oxidation sites excluding steroid dienone is 1. The molecule has 2 aliphatic rings. The summed E-state index contributed by atoms with van der Waals surface area (Å²) in [4.78, 5) is 28.6. The first-order chi connectivity index (χ1) is 10.00. The van der Waals surface area contributed by atoms with Crippen molar-refractivity contribution in [3.8, 4) is 0 Å². The number of piperidine rings is 1. The van der Waals surface area contributed by atoms with E-state index in [4.69, 9.17) is 0 Å². The van der Waals surface area contributed by atoms with E-state index in [9.17, 15) is 14.9 Å². The summed E-state index contributed by atoms with van der Waals surface area (Å²) in [5.41, 5.74) is 0.363. The molecule has 0 aliphatic carbocycles. The third kappa shape index (κ3) is 2.35. The highest BCUT2D eigenvalue weighted by molar-refractivity contribution is 5.86. The maximum atomic E-state index is 12.2. The molecule has 0 radical (unpaired) electrons. The smallest absolute Gasteiger partial charge is 0.287 e. The van der Waals surface area contributed by atoms with Crippen LogP contribution >= 0.6 is 0 Å². The van der Waals surface area contributed by atoms with Gasteiger partial charge in [0.2, 0.25) is 5.91 Å². The molecule has 21 heavy (non-hydrogen) atoms. The molecule has 1 amide bonds. The third-order valence-corrected chi connectivity index (χ3v) is 4.30. The number of nitro groups is 1. The van der Waals surface area contributed by atoms with Crippen molar-refractivity contribution in [1.82, 2.24) is 10.3 Å². The van der Waals surface area contributed by atoms with Gasteiger partial charge in [-0.1, -0.05) is 6.58 Å². The van der Waals surface area contributed by atoms with Crippen LogP contribution in [-0.4, -0.2) is 28.9 Å². The molecular weight excluding hydrogens is 272 g/mol. The predicted molar refractivity (Wildman–Crippen MR) is 76.7 cm³/mol. The lowest BCUT2D eigenvalue weighted by atomic mass is 9.78. The second-order valence-electron chi connectivity index (χ2n) is 5.64. The Kier molecular flexibility index (Phi) is 3.12. The summed E-state index contributed by atoms with van der Waals surface area (Å²) in [7, 11) is 0. The molecule has 0 aromatic carbocycles. The Morgan fingerprint density at radius 2 is 2.24 bits per heavy atom. The molecule has 2 aliphatic heterocycles. The van der Waals surface area contributed by atoms with Gasteiger partial charge < -0.3 is 10.2 Å². The largest absolute Gasteiger partial charge is 0.355 e. The maximum Gasteiger partial charge on any atom is 0.287 e. The fourth-order valence-corrected chi connectivity index (χ4v) is 2.99. The Bertz CT molecular complexity index is 613. The van der Waals surface area contributed by atoms with Gasteiger partial charge in [-0.25, -0.2) is 4.98 Å². The number of nitrogens with zero attached hydrogens (tertiary/aromatic N) is 3. The number of nitrogens with one attached hydrogen (secondary N) is 1. The summed E-state index contributed by atoms with van der Waals surface area (Å²) in [6, 6.07) is 3.08. The summed E-state index contributed by atoms with van der Waals surface area (Å²) in [5.74, 6) is 0.706. The molecule has 2 fully saturated rings. The minimum absolute atomic E-state index is 0.0284. The van der Waals surface area contributed by atoms with E-state index < -0.39 is 4.92 Å². The summed E-state index contributed by atoms with van der Waals surface area (Å²) >= 11 is 0. The van der Waals surface area contributed by atoms with Crippen LogP contribution in [0.5, 0.6) is 0 Å². The topological polar surface area (TPSA) is 88.4 Å². The van der Waals surface area contributed by atoms with Crippen LogP contribution in [0, 0.1) is 15.5 Å². The van der Waals surface area contributed by atoms with Crippen molar-refractivity contribution < 1.29 is 9.72 Å². The van der Waals surface area contributed by atoms with Crippen LogP contribution in [0.15, 0.2) is 30.6 Å². The van der Waals surface area contributed by atoms with Crippen molar-refractivity contribution >= 4 is 17.4 Å². The summed E-state index contributed by atoms with van der Waals surface area (Å²) in [6.45, 7) is 5.12. The van der Waals surface area contributed by atoms with Crippen LogP contribution in [0.1, 0.15) is 19.3 Å². The summed E-state index contributed by atoms with van der Waals surface area (Å²) in [5, 5.41) is 13.5. The lowest BCUT2D eigenvalue weighted by molar-refractivity contribution is -0.385. The van der Waals surface area contributed by atoms with E-state index >= 15 is 0 Å². The summed E-state index contributed by atoms with van der Waals surface area (Å²) in [6.07, 6.45) is 3.61. The molecule has 3 rings (SSSR count). The predicted octanol–water partition coefficient (Wildman–Crippen LogP) is 1.61. The van der Waals surface area contributed by atoms with Crippen LogP contribution in [-0.2, 0) is 4.79 Å². The molecule has 1 atom stereocenters. The Labute approximate surface area is 121 Å². The van der Waals surface area contributed by atoms with Crippen molar-refractivity contribution in [3.05, 3.63) is 40.7 Å². The molecule has 0 saturated carbocycles. The van der Waals surface area contributed by atoms with Crippen molar-refractivity contribution in [3.63, 3.8) is 0 Å². The zero-order valence-corrected chi connectivity index (χ0v) is 11.5. The number of pyridine rings is 1. The quantitative estimate of drug-likeness (QED) is 0.659. The molecule has 1 spiro atoms. The van der Waals surface area contributed by atoms with Crippen molar-refractivity contribution in [2.75, 3.05) is 18.0 Å². The van der Waals surface area contributed by atoms with Gasteiger partial charge in [-0.2, -0.15) is 0 Å². The zero-order chi connectivity index (χ0) is 15.0. The molecule has 0 bridgehead atoms. The highest BCUT2D eigenvalue weighted by Crippen LogP contribution is 2.40. The van der Waals surface area contributed by atoms with Gasteiger partial charge in [0.05, 0.1) is 10.3 Å². The number of hydrogen-bond acceptors (Lipinski definition) is 5. The Balaban J connectivity index is 1.76. The number of carbonyl (C=O) groups is 1. The average Bonchev–Trinajstić information content (AvgIpc) is 2.89. The van der Waals surface area contributed by atoms with Crippen molar-refractivity contribution in [2.45, 2.75) is 19.3 Å². The van der Waals surface area contributed by atoms with E-state index in [0.29, 0.717) is 12.4 Å². The first kappa shape index (κ1) is 13.5. The van der Waals surface area contributed by atoms with Crippen LogP contribution < -0.4 is 10.2 Å². The van der Waals surface area contributed by atoms with E-state index in [1.807, 2.05) is 4.90 Å². The minimum atomic E-state index is -0.470. The highest BCUT2D eigenvalue weighted by atomic mass is 16.6. The molecule has 1 N–H and O–H groups in total. The van der Waals surface area contributed by atoms with Gasteiger partial charge in [0.15, 0.2) is 0 Å². The number of rotatable bonds is 2. The first-order valence-electron chi connectivity index (χ1n) is 6.85.